The van der Waals surface area contributed by atoms with Gasteiger partial charge in [-0.1, -0.05) is 0 Å². The van der Waals surface area contributed by atoms with Crippen LogP contribution in [-0.4, -0.2) is 27.0 Å². The molecule has 2 aromatic rings. The highest BCUT2D eigenvalue weighted by atomic mass is 16.6. The van der Waals surface area contributed by atoms with Gasteiger partial charge in [0.25, 0.3) is 0 Å². The lowest BCUT2D eigenvalue weighted by Gasteiger charge is -2.19. The molecule has 0 radical (unpaired) electrons. The number of nitrogens with zero attached hydrogens (tertiary/aromatic N) is 2. The van der Waals surface area contributed by atoms with Crippen molar-refractivity contribution in [2.45, 2.75) is 39.2 Å². The maximum absolute atomic E-state index is 12.0. The van der Waals surface area contributed by atoms with Gasteiger partial charge in [-0.2, -0.15) is 10.3 Å². The molecule has 102 valence electrons. The normalized spacial score (nSPS) is 13.3. The summed E-state index contributed by atoms with van der Waals surface area (Å²) >= 11 is 0. The van der Waals surface area contributed by atoms with Gasteiger partial charge in [-0.15, -0.1) is 5.10 Å². The predicted molar refractivity (Wildman–Crippen MR) is 67.8 cm³/mol. The molecular formula is C13H17N3O3. The number of aromatic amines is 1. The van der Waals surface area contributed by atoms with Gasteiger partial charge in [-0.3, -0.25) is 0 Å². The lowest BCUT2D eigenvalue weighted by molar-refractivity contribution is 0.00612. The number of hydrogen-bond acceptors (Lipinski definition) is 5. The van der Waals surface area contributed by atoms with Crippen molar-refractivity contribution in [2.24, 2.45) is 0 Å². The van der Waals surface area contributed by atoms with Crippen LogP contribution in [0.15, 0.2) is 22.8 Å². The summed E-state index contributed by atoms with van der Waals surface area (Å²) in [5, 5.41) is 10.4. The Morgan fingerprint density at radius 2 is 2.16 bits per heavy atom. The SMILES string of the molecule is CC(c1ccco1)c1n[nH]nc1C(=O)OC(C)(C)C. The summed E-state index contributed by atoms with van der Waals surface area (Å²) in [6.07, 6.45) is 1.58. The Hall–Kier alpha value is -2.11. The van der Waals surface area contributed by atoms with Crippen LogP contribution < -0.4 is 0 Å². The molecule has 0 aromatic carbocycles. The van der Waals surface area contributed by atoms with Gasteiger partial charge < -0.3 is 9.15 Å². The van der Waals surface area contributed by atoms with Crippen LogP contribution in [0.3, 0.4) is 0 Å². The number of carbonyl (C=O) groups is 1. The van der Waals surface area contributed by atoms with Crippen molar-refractivity contribution in [3.05, 3.63) is 35.5 Å². The van der Waals surface area contributed by atoms with Crippen LogP contribution in [0.5, 0.6) is 0 Å². The summed E-state index contributed by atoms with van der Waals surface area (Å²) in [5.41, 5.74) is 0.143. The monoisotopic (exact) mass is 263 g/mol. The summed E-state index contributed by atoms with van der Waals surface area (Å²) in [4.78, 5) is 12.0. The molecule has 0 bridgehead atoms. The second-order valence-corrected chi connectivity index (χ2v) is 5.30. The zero-order valence-electron chi connectivity index (χ0n) is 11.4. The van der Waals surface area contributed by atoms with E-state index in [1.165, 1.54) is 0 Å². The van der Waals surface area contributed by atoms with E-state index in [0.29, 0.717) is 5.69 Å². The first-order valence-electron chi connectivity index (χ1n) is 6.06. The fourth-order valence-electron chi connectivity index (χ4n) is 1.69. The van der Waals surface area contributed by atoms with Crippen LogP contribution in [-0.2, 0) is 4.74 Å². The van der Waals surface area contributed by atoms with Crippen molar-refractivity contribution in [3.63, 3.8) is 0 Å². The molecule has 2 heterocycles. The lowest BCUT2D eigenvalue weighted by atomic mass is 10.0. The van der Waals surface area contributed by atoms with E-state index in [1.54, 1.807) is 33.1 Å². The molecule has 2 rings (SSSR count). The van der Waals surface area contributed by atoms with E-state index in [2.05, 4.69) is 15.4 Å². The van der Waals surface area contributed by atoms with E-state index >= 15 is 0 Å². The predicted octanol–water partition coefficient (Wildman–Crippen LogP) is 2.50. The zero-order valence-corrected chi connectivity index (χ0v) is 11.4. The minimum atomic E-state index is -0.568. The molecule has 0 amide bonds. The van der Waals surface area contributed by atoms with Crippen LogP contribution >= 0.6 is 0 Å². The van der Waals surface area contributed by atoms with Gasteiger partial charge in [0.05, 0.1) is 12.2 Å². The number of furan rings is 1. The van der Waals surface area contributed by atoms with Gasteiger partial charge in [0.1, 0.15) is 17.1 Å². The number of nitrogens with one attached hydrogen (secondary N) is 1. The summed E-state index contributed by atoms with van der Waals surface area (Å²) in [7, 11) is 0. The first kappa shape index (κ1) is 13.3. The first-order valence-corrected chi connectivity index (χ1v) is 6.06. The summed E-state index contributed by atoms with van der Waals surface area (Å²) in [6.45, 7) is 7.31. The molecule has 1 unspecified atom stereocenters. The van der Waals surface area contributed by atoms with Gasteiger partial charge in [-0.25, -0.2) is 4.79 Å². The Bertz CT molecular complexity index is 552. The molecule has 19 heavy (non-hydrogen) atoms. The second kappa shape index (κ2) is 4.87. The third-order valence-corrected chi connectivity index (χ3v) is 2.55. The third-order valence-electron chi connectivity index (χ3n) is 2.55. The van der Waals surface area contributed by atoms with Crippen LogP contribution in [0.1, 0.15) is 55.6 Å². The second-order valence-electron chi connectivity index (χ2n) is 5.30. The average Bonchev–Trinajstić information content (AvgIpc) is 2.97. The zero-order chi connectivity index (χ0) is 14.0. The van der Waals surface area contributed by atoms with Crippen molar-refractivity contribution >= 4 is 5.97 Å². The third kappa shape index (κ3) is 3.01. The van der Waals surface area contributed by atoms with Crippen molar-refractivity contribution in [1.82, 2.24) is 15.4 Å². The molecule has 0 spiro atoms. The summed E-state index contributed by atoms with van der Waals surface area (Å²) < 4.78 is 10.6. The highest BCUT2D eigenvalue weighted by Crippen LogP contribution is 2.25. The van der Waals surface area contributed by atoms with E-state index in [4.69, 9.17) is 9.15 Å². The molecule has 6 nitrogen and oxygen atoms in total. The standard InChI is InChI=1S/C13H17N3O3/c1-8(9-6-5-7-18-9)10-11(15-16-14-10)12(17)19-13(2,3)4/h5-8H,1-4H3,(H,14,15,16). The Labute approximate surface area is 111 Å². The molecule has 0 fully saturated rings. The maximum atomic E-state index is 12.0. The molecular weight excluding hydrogens is 246 g/mol. The Kier molecular flexibility index (Phi) is 3.42. The highest BCUT2D eigenvalue weighted by Gasteiger charge is 2.27. The molecule has 6 heteroatoms. The van der Waals surface area contributed by atoms with E-state index < -0.39 is 11.6 Å². The molecule has 0 saturated heterocycles. The van der Waals surface area contributed by atoms with E-state index in [-0.39, 0.29) is 11.6 Å². The van der Waals surface area contributed by atoms with E-state index in [9.17, 15) is 4.79 Å². The molecule has 0 aliphatic carbocycles. The van der Waals surface area contributed by atoms with Crippen LogP contribution in [0.2, 0.25) is 0 Å². The fourth-order valence-corrected chi connectivity index (χ4v) is 1.69. The summed E-state index contributed by atoms with van der Waals surface area (Å²) in [5.74, 6) is 0.0598. The Morgan fingerprint density at radius 3 is 2.74 bits per heavy atom. The number of carbonyl (C=O) groups excluding carboxylic acids is 1. The minimum absolute atomic E-state index is 0.170. The van der Waals surface area contributed by atoms with Crippen molar-refractivity contribution in [3.8, 4) is 0 Å². The molecule has 0 saturated carbocycles. The van der Waals surface area contributed by atoms with Crippen molar-refractivity contribution in [1.29, 1.82) is 0 Å². The quantitative estimate of drug-likeness (QED) is 0.860. The van der Waals surface area contributed by atoms with Crippen molar-refractivity contribution < 1.29 is 13.9 Å². The molecule has 0 aliphatic heterocycles. The molecule has 1 atom stereocenters. The van der Waals surface area contributed by atoms with Crippen molar-refractivity contribution in [2.75, 3.05) is 0 Å². The minimum Gasteiger partial charge on any atom is -0.469 e. The maximum Gasteiger partial charge on any atom is 0.361 e. The smallest absolute Gasteiger partial charge is 0.361 e. The largest absolute Gasteiger partial charge is 0.469 e. The molecule has 2 aromatic heterocycles. The topological polar surface area (TPSA) is 81.0 Å². The van der Waals surface area contributed by atoms with Gasteiger partial charge in [0.2, 0.25) is 0 Å². The number of H-pyrrole nitrogens is 1. The van der Waals surface area contributed by atoms with Gasteiger partial charge >= 0.3 is 5.97 Å². The highest BCUT2D eigenvalue weighted by molar-refractivity contribution is 5.88. The number of hydrogen-bond donors (Lipinski definition) is 1. The van der Waals surface area contributed by atoms with Crippen LogP contribution in [0.4, 0.5) is 0 Å². The fraction of sp³-hybridized carbons (Fsp3) is 0.462. The molecule has 0 aliphatic rings. The number of aromatic nitrogens is 3. The van der Waals surface area contributed by atoms with Crippen LogP contribution in [0, 0.1) is 0 Å². The first-order chi connectivity index (χ1) is 8.88. The Balaban J connectivity index is 2.25. The van der Waals surface area contributed by atoms with E-state index in [0.717, 1.165) is 5.76 Å². The van der Waals surface area contributed by atoms with Gasteiger partial charge in [0.15, 0.2) is 5.69 Å². The lowest BCUT2D eigenvalue weighted by Crippen LogP contribution is -2.25. The van der Waals surface area contributed by atoms with E-state index in [1.807, 2.05) is 13.0 Å². The van der Waals surface area contributed by atoms with Crippen LogP contribution in [0.25, 0.3) is 0 Å². The molecule has 1 N–H and O–H groups in total. The number of rotatable bonds is 3. The number of ether oxygens (including phenoxy) is 1. The Morgan fingerprint density at radius 1 is 1.42 bits per heavy atom. The average molecular weight is 263 g/mol. The number of esters is 1. The van der Waals surface area contributed by atoms with Gasteiger partial charge in [0, 0.05) is 0 Å². The summed E-state index contributed by atoms with van der Waals surface area (Å²) in [6, 6.07) is 3.62. The van der Waals surface area contributed by atoms with Gasteiger partial charge in [-0.05, 0) is 39.8 Å².